The first-order valence-electron chi connectivity index (χ1n) is 9.73. The topological polar surface area (TPSA) is 92.8 Å². The van der Waals surface area contributed by atoms with Crippen LogP contribution in [0.25, 0.3) is 0 Å². The van der Waals surface area contributed by atoms with Crippen molar-refractivity contribution in [2.24, 2.45) is 0 Å². The van der Waals surface area contributed by atoms with Crippen molar-refractivity contribution in [2.75, 3.05) is 17.8 Å². The van der Waals surface area contributed by atoms with Crippen molar-refractivity contribution in [1.29, 1.82) is 0 Å². The van der Waals surface area contributed by atoms with Gasteiger partial charge in [-0.1, -0.05) is 19.9 Å². The fourth-order valence-electron chi connectivity index (χ4n) is 2.86. The average molecular weight is 495 g/mol. The maximum absolute atomic E-state index is 13.0. The van der Waals surface area contributed by atoms with Crippen LogP contribution >= 0.6 is 0 Å². The Morgan fingerprint density at radius 2 is 1.59 bits per heavy atom. The number of nitrogens with one attached hydrogen (secondary N) is 1. The average Bonchev–Trinajstić information content (AvgIpc) is 2.69. The van der Waals surface area contributed by atoms with E-state index in [1.165, 1.54) is 16.4 Å². The van der Waals surface area contributed by atoms with E-state index in [2.05, 4.69) is 4.72 Å². The lowest BCUT2D eigenvalue weighted by molar-refractivity contribution is -0.137. The highest BCUT2D eigenvalue weighted by atomic mass is 32.2. The maximum atomic E-state index is 13.0. The molecule has 0 aliphatic carbocycles. The first kappa shape index (κ1) is 25.9. The zero-order valence-electron chi connectivity index (χ0n) is 18.0. The Bertz CT molecular complexity index is 1160. The van der Waals surface area contributed by atoms with Crippen molar-refractivity contribution in [3.8, 4) is 5.75 Å². The Morgan fingerprint density at radius 1 is 0.969 bits per heavy atom. The largest absolute Gasteiger partial charge is 0.489 e. The molecule has 2 rings (SSSR count). The van der Waals surface area contributed by atoms with Gasteiger partial charge in [-0.2, -0.15) is 17.5 Å². The molecular weight excluding hydrogens is 469 g/mol. The zero-order chi connectivity index (χ0) is 24.3. The Hall–Kier alpha value is -2.31. The molecule has 0 radical (unpaired) electrons. The molecule has 0 heterocycles. The van der Waals surface area contributed by atoms with Crippen molar-refractivity contribution in [2.45, 2.75) is 49.8 Å². The summed E-state index contributed by atoms with van der Waals surface area (Å²) in [6, 6.07) is 6.93. The summed E-state index contributed by atoms with van der Waals surface area (Å²) in [7, 11) is -8.41. The van der Waals surface area contributed by atoms with Crippen LogP contribution in [0.4, 0.5) is 18.9 Å². The van der Waals surface area contributed by atoms with Crippen LogP contribution in [-0.4, -0.2) is 40.3 Å². The molecule has 1 N–H and O–H groups in total. The number of anilines is 1. The molecule has 0 aliphatic heterocycles. The van der Waals surface area contributed by atoms with Crippen LogP contribution in [0.5, 0.6) is 5.75 Å². The Labute approximate surface area is 186 Å². The smallest absolute Gasteiger partial charge is 0.416 e. The number of benzene rings is 2. The highest BCUT2D eigenvalue weighted by Crippen LogP contribution is 2.34. The highest BCUT2D eigenvalue weighted by molar-refractivity contribution is 7.92. The number of ether oxygens (including phenoxy) is 1. The molecule has 0 aromatic heterocycles. The number of halogens is 3. The number of sulfonamides is 2. The minimum atomic E-state index is -4.73. The van der Waals surface area contributed by atoms with Crippen molar-refractivity contribution in [3.63, 3.8) is 0 Å². The number of hydrogen-bond donors (Lipinski definition) is 1. The predicted octanol–water partition coefficient (Wildman–Crippen LogP) is 4.32. The van der Waals surface area contributed by atoms with E-state index >= 15 is 0 Å². The third-order valence-corrected chi connectivity index (χ3v) is 7.78. The summed E-state index contributed by atoms with van der Waals surface area (Å²) in [6.07, 6.45) is -5.10. The van der Waals surface area contributed by atoms with E-state index in [0.717, 1.165) is 24.3 Å². The molecular formula is C20H25F3N2O5S2. The monoisotopic (exact) mass is 494 g/mol. The molecule has 0 bridgehead atoms. The van der Waals surface area contributed by atoms with Gasteiger partial charge in [0.05, 0.1) is 27.1 Å². The second kappa shape index (κ2) is 9.67. The second-order valence-corrected chi connectivity index (χ2v) is 10.7. The fraction of sp³-hybridized carbons (Fsp3) is 0.400. The molecule has 0 unspecified atom stereocenters. The normalized spacial score (nSPS) is 12.9. The molecule has 2 aromatic rings. The molecule has 0 atom stereocenters. The number of rotatable bonds is 9. The summed E-state index contributed by atoms with van der Waals surface area (Å²) in [5.41, 5.74) is -1.33. The van der Waals surface area contributed by atoms with E-state index < -0.39 is 36.7 Å². The summed E-state index contributed by atoms with van der Waals surface area (Å²) in [5, 5.41) is 0. The van der Waals surface area contributed by atoms with Crippen molar-refractivity contribution in [1.82, 2.24) is 4.31 Å². The van der Waals surface area contributed by atoms with Gasteiger partial charge in [0, 0.05) is 13.1 Å². The fourth-order valence-corrected chi connectivity index (χ4v) is 5.45. The lowest BCUT2D eigenvalue weighted by atomic mass is 10.2. The van der Waals surface area contributed by atoms with Crippen LogP contribution in [0.15, 0.2) is 52.3 Å². The molecule has 2 aromatic carbocycles. The zero-order valence-corrected chi connectivity index (χ0v) is 19.6. The van der Waals surface area contributed by atoms with Crippen molar-refractivity contribution >= 4 is 25.7 Å². The van der Waals surface area contributed by atoms with Crippen molar-refractivity contribution < 1.29 is 34.7 Å². The molecule has 12 heteroatoms. The van der Waals surface area contributed by atoms with Crippen LogP contribution in [0.3, 0.4) is 0 Å². The molecule has 32 heavy (non-hydrogen) atoms. The van der Waals surface area contributed by atoms with E-state index in [-0.39, 0.29) is 35.5 Å². The third-order valence-electron chi connectivity index (χ3n) is 4.37. The molecule has 0 saturated carbocycles. The van der Waals surface area contributed by atoms with Gasteiger partial charge < -0.3 is 4.74 Å². The molecule has 0 fully saturated rings. The summed E-state index contributed by atoms with van der Waals surface area (Å²) in [5.74, 6) is 0.0362. The van der Waals surface area contributed by atoms with Crippen LogP contribution in [0.2, 0.25) is 0 Å². The minimum Gasteiger partial charge on any atom is -0.489 e. The Morgan fingerprint density at radius 3 is 2.12 bits per heavy atom. The van der Waals surface area contributed by atoms with Gasteiger partial charge in [-0.3, -0.25) is 4.72 Å². The van der Waals surface area contributed by atoms with E-state index in [1.54, 1.807) is 27.7 Å². The van der Waals surface area contributed by atoms with Crippen LogP contribution in [0.1, 0.15) is 33.3 Å². The number of hydrogen-bond acceptors (Lipinski definition) is 5. The first-order chi connectivity index (χ1) is 14.7. The van der Waals surface area contributed by atoms with Gasteiger partial charge in [-0.05, 0) is 50.2 Å². The van der Waals surface area contributed by atoms with Crippen LogP contribution < -0.4 is 9.46 Å². The van der Waals surface area contributed by atoms with Gasteiger partial charge in [-0.15, -0.1) is 0 Å². The molecule has 178 valence electrons. The molecule has 7 nitrogen and oxygen atoms in total. The lowest BCUT2D eigenvalue weighted by Gasteiger charge is -2.21. The lowest BCUT2D eigenvalue weighted by Crippen LogP contribution is -2.30. The molecule has 0 spiro atoms. The predicted molar refractivity (Wildman–Crippen MR) is 115 cm³/mol. The van der Waals surface area contributed by atoms with Crippen LogP contribution in [-0.2, 0) is 26.2 Å². The summed E-state index contributed by atoms with van der Waals surface area (Å²) < 4.78 is 99.3. The maximum Gasteiger partial charge on any atom is 0.416 e. The SMILES string of the molecule is CCN(CC)S(=O)(=O)c1ccc(OC(C)C)c(NS(=O)(=O)c2cccc(C(F)(F)F)c2)c1. The van der Waals surface area contributed by atoms with Gasteiger partial charge in [0.25, 0.3) is 10.0 Å². The minimum absolute atomic E-state index is 0.0362. The van der Waals surface area contributed by atoms with Gasteiger partial charge in [0.15, 0.2) is 0 Å². The van der Waals surface area contributed by atoms with Crippen molar-refractivity contribution in [3.05, 3.63) is 48.0 Å². The van der Waals surface area contributed by atoms with Crippen LogP contribution in [0, 0.1) is 0 Å². The highest BCUT2D eigenvalue weighted by Gasteiger charge is 2.32. The van der Waals surface area contributed by atoms with E-state index in [4.69, 9.17) is 4.74 Å². The van der Waals surface area contributed by atoms with Gasteiger partial charge in [0.2, 0.25) is 10.0 Å². The third kappa shape index (κ3) is 5.93. The molecule has 0 saturated heterocycles. The number of nitrogens with zero attached hydrogens (tertiary/aromatic N) is 1. The van der Waals surface area contributed by atoms with E-state index in [0.29, 0.717) is 6.07 Å². The summed E-state index contributed by atoms with van der Waals surface area (Å²) >= 11 is 0. The second-order valence-electron chi connectivity index (χ2n) is 7.04. The molecule has 0 amide bonds. The summed E-state index contributed by atoms with van der Waals surface area (Å²) in [4.78, 5) is -0.807. The van der Waals surface area contributed by atoms with Gasteiger partial charge in [-0.25, -0.2) is 16.8 Å². The van der Waals surface area contributed by atoms with E-state index in [1.807, 2.05) is 0 Å². The first-order valence-corrected chi connectivity index (χ1v) is 12.7. The Balaban J connectivity index is 2.57. The summed E-state index contributed by atoms with van der Waals surface area (Å²) in [6.45, 7) is 7.10. The molecule has 0 aliphatic rings. The Kier molecular flexibility index (Phi) is 7.84. The van der Waals surface area contributed by atoms with E-state index in [9.17, 15) is 30.0 Å². The quantitative estimate of drug-likeness (QED) is 0.560. The van der Waals surface area contributed by atoms with Gasteiger partial charge >= 0.3 is 6.18 Å². The standard InChI is InChI=1S/C20H25F3N2O5S2/c1-5-25(6-2)32(28,29)17-10-11-19(30-14(3)4)18(13-17)24-31(26,27)16-9-7-8-15(12-16)20(21,22)23/h7-14,24H,5-6H2,1-4H3. The number of alkyl halides is 3. The van der Waals surface area contributed by atoms with Gasteiger partial charge in [0.1, 0.15) is 5.75 Å².